The van der Waals surface area contributed by atoms with Crippen LogP contribution in [0.15, 0.2) is 48.5 Å². The largest absolute Gasteiger partial charge is 0.423 e. The van der Waals surface area contributed by atoms with Gasteiger partial charge in [-0.1, -0.05) is 24.3 Å². The fourth-order valence-corrected chi connectivity index (χ4v) is 2.40. The molecule has 0 saturated carbocycles. The molecule has 0 aliphatic heterocycles. The lowest BCUT2D eigenvalue weighted by molar-refractivity contribution is 0.187. The van der Waals surface area contributed by atoms with Crippen molar-refractivity contribution in [3.05, 3.63) is 48.5 Å². The minimum atomic E-state index is -1.14. The van der Waals surface area contributed by atoms with Crippen LogP contribution in [0.1, 0.15) is 0 Å². The summed E-state index contributed by atoms with van der Waals surface area (Å²) in [5.74, 6) is 0. The Morgan fingerprint density at radius 1 is 0.700 bits per heavy atom. The summed E-state index contributed by atoms with van der Waals surface area (Å²) in [6.45, 7) is 0. The van der Waals surface area contributed by atoms with Crippen LogP contribution >= 0.6 is 24.8 Å². The van der Waals surface area contributed by atoms with E-state index in [4.69, 9.17) is 9.47 Å². The van der Waals surface area contributed by atoms with Crippen molar-refractivity contribution in [2.45, 2.75) is 0 Å². The SMILES string of the molecule is Cl.Cl.O=C(NC(=O)Oc1nc2ccccc2[nH]1)NC(=O)Oc1nc2ccccc2[nH]1. The van der Waals surface area contributed by atoms with Gasteiger partial charge in [0.2, 0.25) is 0 Å². The lowest BCUT2D eigenvalue weighted by Crippen LogP contribution is -2.44. The highest BCUT2D eigenvalue weighted by Crippen LogP contribution is 2.15. The quantitative estimate of drug-likeness (QED) is 0.364. The number of aromatic amines is 2. The third-order valence-electron chi connectivity index (χ3n) is 3.55. The summed E-state index contributed by atoms with van der Waals surface area (Å²) in [4.78, 5) is 48.7. The number of imide groups is 2. The van der Waals surface area contributed by atoms with Gasteiger partial charge in [-0.2, -0.15) is 9.97 Å². The first-order valence-electron chi connectivity index (χ1n) is 7.98. The van der Waals surface area contributed by atoms with Crippen LogP contribution in [0.5, 0.6) is 12.0 Å². The summed E-state index contributed by atoms with van der Waals surface area (Å²) in [5, 5.41) is 3.63. The van der Waals surface area contributed by atoms with Gasteiger partial charge in [-0.25, -0.2) is 25.0 Å². The summed E-state index contributed by atoms with van der Waals surface area (Å²) in [6.07, 6.45) is -2.26. The van der Waals surface area contributed by atoms with E-state index in [-0.39, 0.29) is 36.8 Å². The number of H-pyrrole nitrogens is 2. The molecule has 0 atom stereocenters. The lowest BCUT2D eigenvalue weighted by atomic mass is 10.3. The van der Waals surface area contributed by atoms with E-state index in [2.05, 4.69) is 19.9 Å². The number of halogens is 2. The van der Waals surface area contributed by atoms with E-state index >= 15 is 0 Å². The third-order valence-corrected chi connectivity index (χ3v) is 3.55. The van der Waals surface area contributed by atoms with E-state index < -0.39 is 18.2 Å². The first-order chi connectivity index (χ1) is 13.6. The van der Waals surface area contributed by atoms with Crippen LogP contribution in [-0.2, 0) is 0 Å². The highest BCUT2D eigenvalue weighted by molar-refractivity contribution is 5.99. The van der Waals surface area contributed by atoms with Crippen molar-refractivity contribution < 1.29 is 23.9 Å². The molecule has 0 aliphatic rings. The van der Waals surface area contributed by atoms with Crippen LogP contribution in [0.2, 0.25) is 0 Å². The molecule has 0 radical (unpaired) electrons. The summed E-state index contributed by atoms with van der Waals surface area (Å²) in [7, 11) is 0. The molecule has 4 aromatic rings. The molecule has 4 amide bonds. The van der Waals surface area contributed by atoms with Crippen molar-refractivity contribution in [2.75, 3.05) is 0 Å². The van der Waals surface area contributed by atoms with Gasteiger partial charge in [0.25, 0.3) is 0 Å². The number of urea groups is 1. The average Bonchev–Trinajstić information content (AvgIpc) is 3.23. The number of ether oxygens (including phenoxy) is 2. The number of carbonyl (C=O) groups is 3. The van der Waals surface area contributed by atoms with Gasteiger partial charge in [-0.05, 0) is 24.3 Å². The summed E-state index contributed by atoms with van der Waals surface area (Å²) < 4.78 is 9.72. The van der Waals surface area contributed by atoms with Gasteiger partial charge in [-0.3, -0.25) is 0 Å². The van der Waals surface area contributed by atoms with Gasteiger partial charge in [0.05, 0.1) is 22.1 Å². The topological polar surface area (TPSA) is 151 Å². The molecular formula is C17H14Cl2N6O5. The summed E-state index contributed by atoms with van der Waals surface area (Å²) in [6, 6.07) is 12.7. The normalized spacial score (nSPS) is 9.87. The number of nitrogens with one attached hydrogen (secondary N) is 4. The van der Waals surface area contributed by atoms with E-state index in [9.17, 15) is 14.4 Å². The number of hydrogen-bond donors (Lipinski definition) is 4. The highest BCUT2D eigenvalue weighted by Gasteiger charge is 2.17. The molecule has 2 heterocycles. The maximum Gasteiger partial charge on any atom is 0.423 e. The first-order valence-corrected chi connectivity index (χ1v) is 7.98. The number of amides is 4. The van der Waals surface area contributed by atoms with Gasteiger partial charge in [0, 0.05) is 0 Å². The maximum absolute atomic E-state index is 11.7. The average molecular weight is 453 g/mol. The second-order valence-electron chi connectivity index (χ2n) is 5.48. The fourth-order valence-electron chi connectivity index (χ4n) is 2.40. The first kappa shape index (κ1) is 22.5. The van der Waals surface area contributed by atoms with E-state index in [1.807, 2.05) is 10.6 Å². The van der Waals surface area contributed by atoms with Gasteiger partial charge in [0.15, 0.2) is 0 Å². The smallest absolute Gasteiger partial charge is 0.375 e. The molecule has 0 unspecified atom stereocenters. The van der Waals surface area contributed by atoms with Crippen LogP contribution < -0.4 is 20.1 Å². The number of para-hydroxylation sites is 4. The minimum absolute atomic E-state index is 0. The third kappa shape index (κ3) is 5.16. The Morgan fingerprint density at radius 3 is 1.50 bits per heavy atom. The second-order valence-corrected chi connectivity index (χ2v) is 5.48. The van der Waals surface area contributed by atoms with Gasteiger partial charge < -0.3 is 19.4 Å². The fraction of sp³-hybridized carbons (Fsp3) is 0. The summed E-state index contributed by atoms with van der Waals surface area (Å²) >= 11 is 0. The second kappa shape index (κ2) is 9.58. The number of imidazole rings is 2. The van der Waals surface area contributed by atoms with Gasteiger partial charge >= 0.3 is 30.2 Å². The molecule has 156 valence electrons. The van der Waals surface area contributed by atoms with E-state index in [1.165, 1.54) is 0 Å². The zero-order valence-electron chi connectivity index (χ0n) is 14.9. The molecule has 0 bridgehead atoms. The number of hydrogen-bond acceptors (Lipinski definition) is 7. The van der Waals surface area contributed by atoms with Crippen molar-refractivity contribution in [2.24, 2.45) is 0 Å². The number of rotatable bonds is 2. The van der Waals surface area contributed by atoms with Crippen molar-refractivity contribution in [3.8, 4) is 12.0 Å². The molecule has 30 heavy (non-hydrogen) atoms. The van der Waals surface area contributed by atoms with Crippen molar-refractivity contribution in [1.82, 2.24) is 30.6 Å². The molecule has 2 aromatic carbocycles. The molecule has 13 heteroatoms. The van der Waals surface area contributed by atoms with E-state index in [0.29, 0.717) is 22.1 Å². The molecule has 4 rings (SSSR count). The van der Waals surface area contributed by atoms with Crippen molar-refractivity contribution in [1.29, 1.82) is 0 Å². The Labute approximate surface area is 180 Å². The molecule has 0 fully saturated rings. The van der Waals surface area contributed by atoms with Crippen molar-refractivity contribution in [3.63, 3.8) is 0 Å². The zero-order chi connectivity index (χ0) is 19.5. The Morgan fingerprint density at radius 2 is 1.10 bits per heavy atom. The number of aromatic nitrogens is 4. The maximum atomic E-state index is 11.7. The molecule has 4 N–H and O–H groups in total. The van der Waals surface area contributed by atoms with Crippen LogP contribution in [0, 0.1) is 0 Å². The molecule has 0 aliphatic carbocycles. The van der Waals surface area contributed by atoms with Crippen LogP contribution in [0.3, 0.4) is 0 Å². The Balaban J connectivity index is 0.00000160. The molecule has 0 spiro atoms. The van der Waals surface area contributed by atoms with Crippen LogP contribution in [0.25, 0.3) is 22.1 Å². The van der Waals surface area contributed by atoms with Crippen LogP contribution in [-0.4, -0.2) is 38.2 Å². The number of fused-ring (bicyclic) bond motifs is 2. The molecule has 11 nitrogen and oxygen atoms in total. The predicted molar refractivity (Wildman–Crippen MR) is 110 cm³/mol. The van der Waals surface area contributed by atoms with E-state index in [1.54, 1.807) is 48.5 Å². The Bertz CT molecular complexity index is 1050. The Kier molecular flexibility index (Phi) is 7.17. The van der Waals surface area contributed by atoms with Gasteiger partial charge in [-0.15, -0.1) is 24.8 Å². The number of benzene rings is 2. The molecular weight excluding hydrogens is 439 g/mol. The van der Waals surface area contributed by atoms with Crippen LogP contribution in [0.4, 0.5) is 14.4 Å². The predicted octanol–water partition coefficient (Wildman–Crippen LogP) is 3.28. The monoisotopic (exact) mass is 452 g/mol. The lowest BCUT2D eigenvalue weighted by Gasteiger charge is -2.04. The number of nitrogens with zero attached hydrogens (tertiary/aromatic N) is 2. The molecule has 2 aromatic heterocycles. The van der Waals surface area contributed by atoms with Crippen molar-refractivity contribution >= 4 is 65.1 Å². The zero-order valence-corrected chi connectivity index (χ0v) is 16.5. The minimum Gasteiger partial charge on any atom is -0.375 e. The molecule has 0 saturated heterocycles. The van der Waals surface area contributed by atoms with Gasteiger partial charge in [0.1, 0.15) is 0 Å². The number of carbonyl (C=O) groups excluding carboxylic acids is 3. The standard InChI is InChI=1S/C17H12N6O5.2ClH/c24-13(22-16(25)27-14-18-9-5-1-2-6-10(9)19-14)23-17(26)28-15-20-11-7-3-4-8-12(11)21-15;;/h1-8H,(H,18,19)(H,20,21)(H2,22,23,24,25,26);2*1H. The summed E-state index contributed by atoms with van der Waals surface area (Å²) in [5.41, 5.74) is 2.49. The van der Waals surface area contributed by atoms with E-state index in [0.717, 1.165) is 0 Å². The highest BCUT2D eigenvalue weighted by atomic mass is 35.5. The Hall–Kier alpha value is -3.83.